The summed E-state index contributed by atoms with van der Waals surface area (Å²) in [7, 11) is -2.42. The number of nitrogens with one attached hydrogen (secondary N) is 3. The average Bonchev–Trinajstić information content (AvgIpc) is 4.16. The van der Waals surface area contributed by atoms with E-state index in [0.717, 1.165) is 10.5 Å². The molecule has 18 heteroatoms. The highest BCUT2D eigenvalue weighted by atomic mass is 32.2. The molecule has 7 rings (SSSR count). The van der Waals surface area contributed by atoms with Crippen LogP contribution in [0.1, 0.15) is 65.7 Å². The third kappa shape index (κ3) is 9.75. The number of imide groups is 1. The van der Waals surface area contributed by atoms with Crippen molar-refractivity contribution in [3.05, 3.63) is 67.3 Å². The molecule has 17 nitrogen and oxygen atoms in total. The quantitative estimate of drug-likeness (QED) is 0.101. The van der Waals surface area contributed by atoms with Gasteiger partial charge in [-0.2, -0.15) is 0 Å². The fraction of sp³-hybridized carbons (Fsp3) is 0.477. The van der Waals surface area contributed by atoms with E-state index in [2.05, 4.69) is 21.9 Å². The van der Waals surface area contributed by atoms with Crippen LogP contribution in [0.5, 0.6) is 11.5 Å². The first-order chi connectivity index (χ1) is 29.4. The van der Waals surface area contributed by atoms with Crippen LogP contribution in [0.25, 0.3) is 22.2 Å². The molecule has 2 aliphatic heterocycles. The molecule has 1 aromatic heterocycles. The molecule has 5 atom stereocenters. The van der Waals surface area contributed by atoms with Gasteiger partial charge in [-0.15, -0.1) is 6.58 Å². The summed E-state index contributed by atoms with van der Waals surface area (Å²) in [5.74, 6) is -3.36. The number of ether oxygens (including phenoxy) is 3. The molecular weight excluding hydrogens is 821 g/mol. The van der Waals surface area contributed by atoms with Gasteiger partial charge in [0.25, 0.3) is 5.91 Å². The summed E-state index contributed by atoms with van der Waals surface area (Å²) in [6, 6.07) is 14.1. The smallest absolute Gasteiger partial charge is 0.320 e. The first-order valence-corrected chi connectivity index (χ1v) is 22.3. The van der Waals surface area contributed by atoms with E-state index in [-0.39, 0.29) is 51.1 Å². The van der Waals surface area contributed by atoms with Crippen LogP contribution >= 0.6 is 0 Å². The lowest BCUT2D eigenvalue weighted by Crippen LogP contribution is -2.58. The van der Waals surface area contributed by atoms with Gasteiger partial charge in [0, 0.05) is 54.8 Å². The predicted octanol–water partition coefficient (Wildman–Crippen LogP) is 2.77. The van der Waals surface area contributed by atoms with Crippen molar-refractivity contribution < 1.29 is 51.4 Å². The number of β-lactam (4-membered cyclic amide) rings is 1. The van der Waals surface area contributed by atoms with Crippen LogP contribution in [0, 0.1) is 5.92 Å². The minimum Gasteiger partial charge on any atom is -0.497 e. The molecule has 0 spiro atoms. The number of carbonyl (C=O) groups is 6. The molecule has 3 aromatic rings. The van der Waals surface area contributed by atoms with Gasteiger partial charge in [0.15, 0.2) is 0 Å². The lowest BCUT2D eigenvalue weighted by molar-refractivity contribution is -0.154. The van der Waals surface area contributed by atoms with E-state index in [1.807, 2.05) is 30.3 Å². The Balaban J connectivity index is 1.20. The standard InChI is InChI=1S/C44H52N6O11S/c1-6-27-23-44(27,42(56)48-62(57,58)30-13-14-30)47-40(54)35-21-29(60-36-22-33(26-10-8-7-9-11-26)46-34-20-28(59-5)12-15-31(34)36)25-50(35)41(55)32(45-24-39(53)61-43(2,3)4)16-17-37(51)49-19-18-38(49)52/h6-12,15,20,22,27,29-30,32,35,45H,1,13-14,16-19,21,23-25H2,2-5H3,(H,47,54)(H,48,56)/t27-,29-,32+,35+,44-/m1/s1. The summed E-state index contributed by atoms with van der Waals surface area (Å²) in [6.45, 7) is 8.58. The summed E-state index contributed by atoms with van der Waals surface area (Å²) >= 11 is 0. The molecule has 3 heterocycles. The van der Waals surface area contributed by atoms with Gasteiger partial charge in [0.2, 0.25) is 33.7 Å². The van der Waals surface area contributed by atoms with Gasteiger partial charge in [-0.3, -0.25) is 43.7 Å². The minimum atomic E-state index is -3.97. The molecule has 4 aliphatic rings. The van der Waals surface area contributed by atoms with E-state index in [1.54, 1.807) is 52.1 Å². The number of rotatable bonds is 17. The van der Waals surface area contributed by atoms with Gasteiger partial charge >= 0.3 is 5.97 Å². The van der Waals surface area contributed by atoms with Gasteiger partial charge < -0.3 is 24.4 Å². The molecule has 5 amide bonds. The third-order valence-electron chi connectivity index (χ3n) is 11.4. The molecule has 2 aromatic carbocycles. The number of aromatic nitrogens is 1. The summed E-state index contributed by atoms with van der Waals surface area (Å²) in [5, 5.41) is 5.65. The van der Waals surface area contributed by atoms with Crippen molar-refractivity contribution in [2.75, 3.05) is 26.7 Å². The maximum absolute atomic E-state index is 14.8. The number of carbonyl (C=O) groups excluding carboxylic acids is 6. The number of likely N-dealkylation sites (tertiary alicyclic amines) is 2. The van der Waals surface area contributed by atoms with Crippen molar-refractivity contribution in [1.82, 2.24) is 30.1 Å². The molecular formula is C44H52N6O11S. The molecule has 62 heavy (non-hydrogen) atoms. The molecule has 4 fully saturated rings. The first-order valence-electron chi connectivity index (χ1n) is 20.7. The minimum absolute atomic E-state index is 0.0605. The number of fused-ring (bicyclic) bond motifs is 1. The highest BCUT2D eigenvalue weighted by molar-refractivity contribution is 7.91. The number of amides is 5. The second-order valence-corrected chi connectivity index (χ2v) is 19.1. The highest BCUT2D eigenvalue weighted by Crippen LogP contribution is 2.46. The van der Waals surface area contributed by atoms with Gasteiger partial charge in [-0.05, 0) is 58.6 Å². The largest absolute Gasteiger partial charge is 0.497 e. The van der Waals surface area contributed by atoms with E-state index < -0.39 is 86.7 Å². The second-order valence-electron chi connectivity index (χ2n) is 17.2. The van der Waals surface area contributed by atoms with Gasteiger partial charge in [-0.25, -0.2) is 13.4 Å². The molecule has 2 aliphatic carbocycles. The van der Waals surface area contributed by atoms with E-state index >= 15 is 0 Å². The normalized spacial score (nSPS) is 22.6. The lowest BCUT2D eigenvalue weighted by atomic mass is 10.1. The first kappa shape index (κ1) is 44.2. The number of sulfonamides is 1. The van der Waals surface area contributed by atoms with Crippen LogP contribution < -0.4 is 24.8 Å². The Morgan fingerprint density at radius 3 is 2.42 bits per heavy atom. The van der Waals surface area contributed by atoms with Gasteiger partial charge in [-0.1, -0.05) is 36.4 Å². The van der Waals surface area contributed by atoms with Crippen molar-refractivity contribution in [1.29, 1.82) is 0 Å². The Morgan fingerprint density at radius 2 is 1.81 bits per heavy atom. The van der Waals surface area contributed by atoms with Crippen molar-refractivity contribution in [2.24, 2.45) is 5.92 Å². The molecule has 0 unspecified atom stereocenters. The van der Waals surface area contributed by atoms with Crippen molar-refractivity contribution in [2.45, 2.75) is 100 Å². The van der Waals surface area contributed by atoms with Crippen molar-refractivity contribution >= 4 is 56.4 Å². The monoisotopic (exact) mass is 872 g/mol. The van der Waals surface area contributed by atoms with E-state index in [0.29, 0.717) is 40.9 Å². The van der Waals surface area contributed by atoms with Crippen LogP contribution in [0.15, 0.2) is 67.3 Å². The Kier molecular flexibility index (Phi) is 12.5. The van der Waals surface area contributed by atoms with Gasteiger partial charge in [0.05, 0.1) is 42.7 Å². The molecule has 2 saturated heterocycles. The van der Waals surface area contributed by atoms with Gasteiger partial charge in [0.1, 0.15) is 34.8 Å². The maximum Gasteiger partial charge on any atom is 0.320 e. The van der Waals surface area contributed by atoms with Crippen LogP contribution in [0.4, 0.5) is 0 Å². The number of benzene rings is 2. The SMILES string of the molecule is C=C[C@@H]1C[C@]1(NC(=O)[C@@H]1C[C@@H](Oc2cc(-c3ccccc3)nc3cc(OC)ccc23)CN1C(=O)[C@H](CCC(=O)N1CCC1=O)NCC(=O)OC(C)(C)C)C(=O)NS(=O)(=O)C1CC1. The summed E-state index contributed by atoms with van der Waals surface area (Å²) in [4.78, 5) is 88.2. The Bertz CT molecular complexity index is 2400. The summed E-state index contributed by atoms with van der Waals surface area (Å²) in [6.07, 6.45) is 1.40. The van der Waals surface area contributed by atoms with Crippen LogP contribution in [-0.2, 0) is 43.5 Å². The second kappa shape index (κ2) is 17.5. The van der Waals surface area contributed by atoms with Crippen LogP contribution in [0.2, 0.25) is 0 Å². The number of nitrogens with zero attached hydrogens (tertiary/aromatic N) is 3. The zero-order valence-electron chi connectivity index (χ0n) is 35.2. The Hall–Kier alpha value is -5.88. The molecule has 0 bridgehead atoms. The van der Waals surface area contributed by atoms with Crippen LogP contribution in [0.3, 0.4) is 0 Å². The number of pyridine rings is 1. The topological polar surface area (TPSA) is 220 Å². The average molecular weight is 873 g/mol. The Morgan fingerprint density at radius 1 is 1.06 bits per heavy atom. The fourth-order valence-electron chi connectivity index (χ4n) is 7.81. The van der Waals surface area contributed by atoms with E-state index in [4.69, 9.17) is 19.2 Å². The molecule has 330 valence electrons. The number of hydrogen-bond donors (Lipinski definition) is 3. The highest BCUT2D eigenvalue weighted by Gasteiger charge is 2.62. The predicted molar refractivity (Wildman–Crippen MR) is 226 cm³/mol. The fourth-order valence-corrected chi connectivity index (χ4v) is 9.17. The Labute approximate surface area is 360 Å². The van der Waals surface area contributed by atoms with Crippen molar-refractivity contribution in [3.8, 4) is 22.8 Å². The number of hydrogen-bond acceptors (Lipinski definition) is 13. The third-order valence-corrected chi connectivity index (χ3v) is 13.3. The maximum atomic E-state index is 14.8. The lowest BCUT2D eigenvalue weighted by Gasteiger charge is -2.31. The zero-order chi connectivity index (χ0) is 44.6. The molecule has 0 radical (unpaired) electrons. The number of methoxy groups -OCH3 is 1. The van der Waals surface area contributed by atoms with E-state index in [1.165, 1.54) is 11.0 Å². The summed E-state index contributed by atoms with van der Waals surface area (Å²) in [5.41, 5.74) is -0.495. The van der Waals surface area contributed by atoms with E-state index in [9.17, 15) is 37.2 Å². The molecule has 3 N–H and O–H groups in total. The number of esters is 1. The summed E-state index contributed by atoms with van der Waals surface area (Å²) < 4.78 is 45.4. The molecule has 2 saturated carbocycles. The van der Waals surface area contributed by atoms with Crippen LogP contribution in [-0.4, -0.2) is 120 Å². The zero-order valence-corrected chi connectivity index (χ0v) is 36.0. The van der Waals surface area contributed by atoms with Crippen molar-refractivity contribution in [3.63, 3.8) is 0 Å².